The third kappa shape index (κ3) is 5.77. The molecule has 10 heteroatoms. The summed E-state index contributed by atoms with van der Waals surface area (Å²) in [5.74, 6) is -0.373. The van der Waals surface area contributed by atoms with Crippen LogP contribution in [-0.2, 0) is 11.2 Å². The highest BCUT2D eigenvalue weighted by Crippen LogP contribution is 2.35. The molecule has 2 aromatic heterocycles. The zero-order chi connectivity index (χ0) is 30.1. The Bertz CT molecular complexity index is 1750. The average Bonchev–Trinajstić information content (AvgIpc) is 3.43. The largest absolute Gasteiger partial charge is 0.352 e. The lowest BCUT2D eigenvalue weighted by atomic mass is 10.0. The van der Waals surface area contributed by atoms with Crippen molar-refractivity contribution in [3.8, 4) is 17.3 Å². The predicted molar refractivity (Wildman–Crippen MR) is 167 cm³/mol. The summed E-state index contributed by atoms with van der Waals surface area (Å²) < 4.78 is 13.8. The minimum Gasteiger partial charge on any atom is -0.352 e. The highest BCUT2D eigenvalue weighted by atomic mass is 35.5. The van der Waals surface area contributed by atoms with E-state index in [1.807, 2.05) is 48.5 Å². The number of halogens is 2. The number of nitrogens with zero attached hydrogens (tertiary/aromatic N) is 7. The van der Waals surface area contributed by atoms with Gasteiger partial charge in [0.2, 0.25) is 0 Å². The van der Waals surface area contributed by atoms with Crippen molar-refractivity contribution in [3.05, 3.63) is 71.8 Å². The van der Waals surface area contributed by atoms with Gasteiger partial charge < -0.3 is 14.7 Å². The maximum atomic E-state index is 13.8. The number of likely N-dealkylation sites (tertiary alicyclic amines) is 1. The molecule has 2 atom stereocenters. The Morgan fingerprint density at radius 1 is 1.09 bits per heavy atom. The van der Waals surface area contributed by atoms with Crippen molar-refractivity contribution in [1.82, 2.24) is 24.8 Å². The number of benzene rings is 2. The molecule has 220 valence electrons. The van der Waals surface area contributed by atoms with Gasteiger partial charge in [-0.05, 0) is 56.4 Å². The molecule has 2 aromatic carbocycles. The highest BCUT2D eigenvalue weighted by molar-refractivity contribution is 6.36. The molecule has 0 aliphatic carbocycles. The van der Waals surface area contributed by atoms with Gasteiger partial charge in [-0.25, -0.2) is 19.3 Å². The lowest BCUT2D eigenvalue weighted by Gasteiger charge is -2.41. The number of hydrogen-bond donors (Lipinski definition) is 0. The molecule has 0 bridgehead atoms. The second-order valence-electron chi connectivity index (χ2n) is 11.4. The number of fused-ring (bicyclic) bond motifs is 2. The van der Waals surface area contributed by atoms with Gasteiger partial charge in [-0.3, -0.25) is 4.79 Å². The number of nitriles is 1. The summed E-state index contributed by atoms with van der Waals surface area (Å²) in [4.78, 5) is 33.4. The lowest BCUT2D eigenvalue weighted by Crippen LogP contribution is -2.55. The molecule has 43 heavy (non-hydrogen) atoms. The van der Waals surface area contributed by atoms with E-state index in [-0.39, 0.29) is 13.0 Å². The van der Waals surface area contributed by atoms with Crippen LogP contribution in [0.3, 0.4) is 0 Å². The number of aromatic nitrogens is 3. The van der Waals surface area contributed by atoms with Crippen molar-refractivity contribution in [1.29, 1.82) is 5.26 Å². The van der Waals surface area contributed by atoms with Gasteiger partial charge in [-0.15, -0.1) is 0 Å². The van der Waals surface area contributed by atoms with Crippen LogP contribution in [0.15, 0.2) is 60.9 Å². The molecule has 4 aromatic rings. The fourth-order valence-corrected chi connectivity index (χ4v) is 6.72. The summed E-state index contributed by atoms with van der Waals surface area (Å²) in [5, 5.41) is 12.9. The summed E-state index contributed by atoms with van der Waals surface area (Å²) in [6, 6.07) is 18.0. The van der Waals surface area contributed by atoms with E-state index in [9.17, 15) is 14.4 Å². The second-order valence-corrected chi connectivity index (χ2v) is 11.8. The van der Waals surface area contributed by atoms with E-state index in [2.05, 4.69) is 29.5 Å². The van der Waals surface area contributed by atoms with Gasteiger partial charge in [-0.1, -0.05) is 48.5 Å². The number of amides is 1. The van der Waals surface area contributed by atoms with E-state index in [0.717, 1.165) is 46.8 Å². The van der Waals surface area contributed by atoms with Gasteiger partial charge in [0, 0.05) is 48.1 Å². The highest BCUT2D eigenvalue weighted by Gasteiger charge is 2.33. The van der Waals surface area contributed by atoms with E-state index in [1.54, 1.807) is 0 Å². The molecule has 1 amide bonds. The smallest absolute Gasteiger partial charge is 0.282 e. The van der Waals surface area contributed by atoms with Crippen LogP contribution in [0.1, 0.15) is 31.5 Å². The van der Waals surface area contributed by atoms with Crippen molar-refractivity contribution in [2.75, 3.05) is 38.1 Å². The lowest BCUT2D eigenvalue weighted by molar-refractivity contribution is -0.131. The topological polar surface area (TPSA) is 89.2 Å². The standard InChI is InChI=1S/C33H33ClFN7O/c1-21(35)33(43)42-19-18-41(20-24(42)15-16-36)32-26-12-13-28(25-9-3-6-22-7-4-10-27(34)30(22)25)37-31(26)38-29(39-32)14-11-23-8-5-17-40(23)2/h3-4,6-7,9-10,12-13,23-24H,1,5,8,11,14-15,17-20H2,2H3. The van der Waals surface area contributed by atoms with E-state index < -0.39 is 17.8 Å². The van der Waals surface area contributed by atoms with Crippen LogP contribution in [0.2, 0.25) is 5.02 Å². The van der Waals surface area contributed by atoms with Crippen LogP contribution in [0, 0.1) is 11.3 Å². The Kier molecular flexibility index (Phi) is 8.24. The summed E-state index contributed by atoms with van der Waals surface area (Å²) in [6.07, 6.45) is 4.07. The molecule has 0 radical (unpaired) electrons. The maximum absolute atomic E-state index is 13.8. The molecular weight excluding hydrogens is 565 g/mol. The van der Waals surface area contributed by atoms with Gasteiger partial charge in [-0.2, -0.15) is 5.26 Å². The van der Waals surface area contributed by atoms with Gasteiger partial charge in [0.25, 0.3) is 5.91 Å². The van der Waals surface area contributed by atoms with Crippen LogP contribution in [0.4, 0.5) is 10.2 Å². The van der Waals surface area contributed by atoms with Crippen LogP contribution in [0.5, 0.6) is 0 Å². The van der Waals surface area contributed by atoms with Crippen LogP contribution < -0.4 is 4.90 Å². The molecule has 0 N–H and O–H groups in total. The maximum Gasteiger partial charge on any atom is 0.282 e. The van der Waals surface area contributed by atoms with E-state index in [4.69, 9.17) is 26.6 Å². The monoisotopic (exact) mass is 597 g/mol. The fourth-order valence-electron chi connectivity index (χ4n) is 6.44. The molecule has 6 rings (SSSR count). The minimum atomic E-state index is -1.02. The Balaban J connectivity index is 1.41. The first-order chi connectivity index (χ1) is 20.8. The number of anilines is 1. The Labute approximate surface area is 255 Å². The Morgan fingerprint density at radius 2 is 1.91 bits per heavy atom. The third-order valence-electron chi connectivity index (χ3n) is 8.69. The van der Waals surface area contributed by atoms with Gasteiger partial charge in [0.1, 0.15) is 11.6 Å². The van der Waals surface area contributed by atoms with Crippen molar-refractivity contribution in [3.63, 3.8) is 0 Å². The van der Waals surface area contributed by atoms with Gasteiger partial charge in [0.15, 0.2) is 11.5 Å². The molecule has 0 spiro atoms. The molecule has 2 unspecified atom stereocenters. The number of carbonyl (C=O) groups is 1. The summed E-state index contributed by atoms with van der Waals surface area (Å²) in [5.41, 5.74) is 2.26. The first kappa shape index (κ1) is 29.0. The number of hydrogen-bond acceptors (Lipinski definition) is 7. The Hall–Kier alpha value is -4.13. The fraction of sp³-hybridized carbons (Fsp3) is 0.364. The quantitative estimate of drug-likeness (QED) is 0.244. The van der Waals surface area contributed by atoms with E-state index in [1.165, 1.54) is 11.3 Å². The molecule has 2 fully saturated rings. The van der Waals surface area contributed by atoms with E-state index in [0.29, 0.717) is 47.9 Å². The van der Waals surface area contributed by atoms with Crippen molar-refractivity contribution in [2.45, 2.75) is 44.2 Å². The molecule has 2 aliphatic heterocycles. The van der Waals surface area contributed by atoms with Crippen molar-refractivity contribution < 1.29 is 9.18 Å². The van der Waals surface area contributed by atoms with Gasteiger partial charge in [0.05, 0.1) is 29.6 Å². The van der Waals surface area contributed by atoms with Crippen LogP contribution in [0.25, 0.3) is 33.1 Å². The van der Waals surface area contributed by atoms with Gasteiger partial charge >= 0.3 is 0 Å². The summed E-state index contributed by atoms with van der Waals surface area (Å²) in [7, 11) is 2.16. The molecule has 2 saturated heterocycles. The SMILES string of the molecule is C=C(F)C(=O)N1CCN(c2nc(CCC3CCCN3C)nc3nc(-c4cccc5cccc(Cl)c45)ccc23)CC1CC#N. The first-order valence-electron chi connectivity index (χ1n) is 14.7. The van der Waals surface area contributed by atoms with Crippen LogP contribution in [-0.4, -0.2) is 76.0 Å². The minimum absolute atomic E-state index is 0.0731. The predicted octanol–water partition coefficient (Wildman–Crippen LogP) is 5.94. The molecule has 8 nitrogen and oxygen atoms in total. The molecular formula is C33H33ClFN7O. The Morgan fingerprint density at radius 3 is 2.65 bits per heavy atom. The average molecular weight is 598 g/mol. The zero-order valence-corrected chi connectivity index (χ0v) is 24.9. The molecule has 0 saturated carbocycles. The van der Waals surface area contributed by atoms with Crippen molar-refractivity contribution in [2.24, 2.45) is 0 Å². The second kappa shape index (κ2) is 12.2. The van der Waals surface area contributed by atoms with E-state index >= 15 is 0 Å². The van der Waals surface area contributed by atoms with Crippen LogP contribution >= 0.6 is 11.6 Å². The summed E-state index contributed by atoms with van der Waals surface area (Å²) in [6.45, 7) is 5.29. The third-order valence-corrected chi connectivity index (χ3v) is 9.01. The number of aryl methyl sites for hydroxylation is 1. The van der Waals surface area contributed by atoms with Crippen molar-refractivity contribution >= 4 is 45.1 Å². The number of carbonyl (C=O) groups excluding carboxylic acids is 1. The summed E-state index contributed by atoms with van der Waals surface area (Å²) >= 11 is 6.65. The first-order valence-corrected chi connectivity index (χ1v) is 15.0. The number of rotatable bonds is 7. The molecule has 4 heterocycles. The number of pyridine rings is 1. The molecule has 2 aliphatic rings. The number of piperazine rings is 1. The zero-order valence-electron chi connectivity index (χ0n) is 24.1. The normalized spacial score (nSPS) is 19.2.